The first-order valence-corrected chi connectivity index (χ1v) is 6.11. The van der Waals surface area contributed by atoms with Gasteiger partial charge >= 0.3 is 5.91 Å². The molecule has 0 aliphatic rings. The van der Waals surface area contributed by atoms with Crippen LogP contribution in [0.5, 0.6) is 5.75 Å². The zero-order chi connectivity index (χ0) is 13.8. The van der Waals surface area contributed by atoms with Crippen LogP contribution in [-0.4, -0.2) is 13.0 Å². The van der Waals surface area contributed by atoms with Crippen LogP contribution in [0.1, 0.15) is 15.9 Å². The number of anilines is 1. The number of carbonyl (C=O) groups excluding carboxylic acids is 1. The van der Waals surface area contributed by atoms with Crippen molar-refractivity contribution >= 4 is 23.3 Å². The van der Waals surface area contributed by atoms with Crippen molar-refractivity contribution in [3.63, 3.8) is 0 Å². The van der Waals surface area contributed by atoms with Crippen LogP contribution in [0, 0.1) is 6.92 Å². The molecular weight excluding hydrogens is 264 g/mol. The molecule has 98 valence electrons. The minimum Gasteiger partial charge on any atom is -0.496 e. The van der Waals surface area contributed by atoms with E-state index in [0.717, 1.165) is 5.56 Å². The maximum absolute atomic E-state index is 12.2. The highest BCUT2D eigenvalue weighted by molar-refractivity contribution is 6.31. The molecule has 0 radical (unpaired) electrons. The summed E-state index contributed by atoms with van der Waals surface area (Å²) < 4.78 is 5.15. The number of halogens is 1. The van der Waals surface area contributed by atoms with Gasteiger partial charge in [0.25, 0.3) is 5.82 Å². The Hall–Kier alpha value is -2.07. The Morgan fingerprint density at radius 2 is 2.11 bits per heavy atom. The Bertz CT molecular complexity index is 597. The van der Waals surface area contributed by atoms with Gasteiger partial charge < -0.3 is 4.74 Å². The van der Waals surface area contributed by atoms with E-state index in [1.54, 1.807) is 24.3 Å². The number of ether oxygens (including phenoxy) is 1. The van der Waals surface area contributed by atoms with Crippen LogP contribution in [0.4, 0.5) is 5.82 Å². The maximum Gasteiger partial charge on any atom is 0.342 e. The van der Waals surface area contributed by atoms with Crippen LogP contribution in [0.25, 0.3) is 0 Å². The Morgan fingerprint density at radius 1 is 1.32 bits per heavy atom. The number of benzene rings is 1. The summed E-state index contributed by atoms with van der Waals surface area (Å²) in [5, 5.41) is 3.24. The Morgan fingerprint density at radius 3 is 2.74 bits per heavy atom. The van der Waals surface area contributed by atoms with Crippen molar-refractivity contribution in [2.24, 2.45) is 0 Å². The van der Waals surface area contributed by atoms with Gasteiger partial charge in [0.15, 0.2) is 0 Å². The second kappa shape index (κ2) is 5.71. The molecule has 0 saturated heterocycles. The quantitative estimate of drug-likeness (QED) is 0.938. The van der Waals surface area contributed by atoms with E-state index >= 15 is 0 Å². The third-order valence-electron chi connectivity index (χ3n) is 2.62. The molecule has 1 amide bonds. The summed E-state index contributed by atoms with van der Waals surface area (Å²) in [5.41, 5.74) is 1.47. The zero-order valence-corrected chi connectivity index (χ0v) is 11.4. The number of aryl methyl sites for hydroxylation is 1. The second-order valence-corrected chi connectivity index (χ2v) is 4.51. The predicted octanol–water partition coefficient (Wildman–Crippen LogP) is 2.72. The third kappa shape index (κ3) is 3.23. The molecule has 0 atom stereocenters. The molecule has 0 fully saturated rings. The smallest absolute Gasteiger partial charge is 0.342 e. The lowest BCUT2D eigenvalue weighted by Gasteiger charge is -2.05. The van der Waals surface area contributed by atoms with E-state index in [1.165, 1.54) is 7.11 Å². The van der Waals surface area contributed by atoms with Gasteiger partial charge in [0.05, 0.1) is 13.3 Å². The number of pyridine rings is 1. The first-order valence-electron chi connectivity index (χ1n) is 5.73. The summed E-state index contributed by atoms with van der Waals surface area (Å²) in [7, 11) is 1.51. The molecule has 0 aliphatic carbocycles. The van der Waals surface area contributed by atoms with E-state index < -0.39 is 0 Å². The summed E-state index contributed by atoms with van der Waals surface area (Å²) in [6.07, 6.45) is 1.81. The number of amides is 1. The van der Waals surface area contributed by atoms with Crippen LogP contribution in [0.2, 0.25) is 5.02 Å². The molecule has 4 nitrogen and oxygen atoms in total. The van der Waals surface area contributed by atoms with Gasteiger partial charge in [-0.25, -0.2) is 15.1 Å². The van der Waals surface area contributed by atoms with Crippen molar-refractivity contribution in [2.45, 2.75) is 6.92 Å². The molecule has 5 heteroatoms. The van der Waals surface area contributed by atoms with E-state index in [4.69, 9.17) is 16.3 Å². The minimum absolute atomic E-state index is 0.278. The number of rotatable bonds is 3. The van der Waals surface area contributed by atoms with Gasteiger partial charge in [0.1, 0.15) is 11.3 Å². The topological polar surface area (TPSA) is 52.5 Å². The van der Waals surface area contributed by atoms with Gasteiger partial charge in [-0.3, -0.25) is 0 Å². The lowest BCUT2D eigenvalue weighted by Crippen LogP contribution is -2.19. The molecule has 2 N–H and O–H groups in total. The number of aromatic nitrogens is 1. The predicted molar refractivity (Wildman–Crippen MR) is 73.7 cm³/mol. The maximum atomic E-state index is 12.2. The number of methoxy groups -OCH3 is 1. The van der Waals surface area contributed by atoms with Crippen molar-refractivity contribution < 1.29 is 14.5 Å². The highest BCUT2D eigenvalue weighted by Gasteiger charge is 2.18. The fraction of sp³-hybridized carbons (Fsp3) is 0.143. The standard InChI is InChI=1S/C14H13ClN2O2/c1-9-3-6-13(16-8-9)17-14(18)11-7-10(15)4-5-12(11)19-2/h3-8H,1-2H3,(H,16,17,18)/p+1. The van der Waals surface area contributed by atoms with Crippen molar-refractivity contribution in [2.75, 3.05) is 12.4 Å². The van der Waals surface area contributed by atoms with E-state index in [9.17, 15) is 4.79 Å². The van der Waals surface area contributed by atoms with Crippen molar-refractivity contribution in [1.29, 1.82) is 0 Å². The summed E-state index contributed by atoms with van der Waals surface area (Å²) in [4.78, 5) is 15.1. The van der Waals surface area contributed by atoms with Crippen LogP contribution < -0.4 is 15.0 Å². The summed E-state index contributed by atoms with van der Waals surface area (Å²) in [6.45, 7) is 1.96. The molecule has 0 spiro atoms. The molecule has 19 heavy (non-hydrogen) atoms. The minimum atomic E-state index is -0.278. The average molecular weight is 278 g/mol. The first-order chi connectivity index (χ1) is 9.10. The van der Waals surface area contributed by atoms with Crippen molar-refractivity contribution in [1.82, 2.24) is 0 Å². The van der Waals surface area contributed by atoms with Gasteiger partial charge in [-0.2, -0.15) is 0 Å². The summed E-state index contributed by atoms with van der Waals surface area (Å²) >= 11 is 5.90. The summed E-state index contributed by atoms with van der Waals surface area (Å²) in [6, 6.07) is 8.61. The molecular formula is C14H14ClN2O2+. The largest absolute Gasteiger partial charge is 0.496 e. The van der Waals surface area contributed by atoms with Gasteiger partial charge in [-0.15, -0.1) is 0 Å². The molecule has 2 aromatic rings. The number of carbonyl (C=O) groups is 1. The van der Waals surface area contributed by atoms with Crippen molar-refractivity contribution in [3.8, 4) is 5.75 Å². The molecule has 1 heterocycles. The van der Waals surface area contributed by atoms with Crippen LogP contribution in [0.3, 0.4) is 0 Å². The summed E-state index contributed by atoms with van der Waals surface area (Å²) in [5.74, 6) is 0.811. The van der Waals surface area contributed by atoms with Gasteiger partial charge in [0, 0.05) is 11.1 Å². The molecule has 0 bridgehead atoms. The molecule has 1 aromatic carbocycles. The number of aromatic amines is 1. The van der Waals surface area contributed by atoms with Crippen molar-refractivity contribution in [3.05, 3.63) is 52.7 Å². The third-order valence-corrected chi connectivity index (χ3v) is 2.86. The monoisotopic (exact) mass is 277 g/mol. The van der Waals surface area contributed by atoms with Crippen LogP contribution in [0.15, 0.2) is 36.5 Å². The van der Waals surface area contributed by atoms with E-state index in [1.807, 2.05) is 19.2 Å². The lowest BCUT2D eigenvalue weighted by atomic mass is 10.2. The molecule has 1 aromatic heterocycles. The average Bonchev–Trinajstić information content (AvgIpc) is 2.41. The molecule has 2 rings (SSSR count). The van der Waals surface area contributed by atoms with E-state index in [2.05, 4.69) is 10.3 Å². The highest BCUT2D eigenvalue weighted by Crippen LogP contribution is 2.23. The number of nitrogens with one attached hydrogen (secondary N) is 2. The number of H-pyrrole nitrogens is 1. The Labute approximate surface area is 116 Å². The fourth-order valence-electron chi connectivity index (χ4n) is 1.63. The second-order valence-electron chi connectivity index (χ2n) is 4.08. The van der Waals surface area contributed by atoms with E-state index in [0.29, 0.717) is 22.2 Å². The SMILES string of the molecule is COc1ccc(Cl)cc1C(=O)Nc1ccc(C)c[nH+]1. The fourth-order valence-corrected chi connectivity index (χ4v) is 1.80. The van der Waals surface area contributed by atoms with Gasteiger partial charge in [0.2, 0.25) is 0 Å². The van der Waals surface area contributed by atoms with E-state index in [-0.39, 0.29) is 5.91 Å². The zero-order valence-electron chi connectivity index (χ0n) is 10.7. The Balaban J connectivity index is 2.24. The molecule has 0 unspecified atom stereocenters. The van der Waals surface area contributed by atoms with Crippen LogP contribution >= 0.6 is 11.6 Å². The van der Waals surface area contributed by atoms with Crippen LogP contribution in [-0.2, 0) is 0 Å². The van der Waals surface area contributed by atoms with Gasteiger partial charge in [-0.1, -0.05) is 11.6 Å². The number of hydrogen-bond acceptors (Lipinski definition) is 2. The number of hydrogen-bond donors (Lipinski definition) is 1. The van der Waals surface area contributed by atoms with Gasteiger partial charge in [-0.05, 0) is 36.8 Å². The Kier molecular flexibility index (Phi) is 4.02. The molecule has 0 aliphatic heterocycles. The lowest BCUT2D eigenvalue weighted by molar-refractivity contribution is -0.361. The molecule has 0 saturated carbocycles. The normalized spacial score (nSPS) is 10.1. The first kappa shape index (κ1) is 13.4. The highest BCUT2D eigenvalue weighted by atomic mass is 35.5.